The minimum Gasteiger partial charge on any atom is -0.493 e. The van der Waals surface area contributed by atoms with Crippen molar-refractivity contribution in [2.75, 3.05) is 51.5 Å². The number of nitrogens with one attached hydrogen (secondary N) is 2. The number of likely N-dealkylation sites (tertiary alicyclic amines) is 1. The number of anilines is 3. The number of hydrogen-bond donors (Lipinski definition) is 2. The molecule has 7 nitrogen and oxygen atoms in total. The number of aromatic nitrogens is 2. The van der Waals surface area contributed by atoms with Gasteiger partial charge in [-0.05, 0) is 58.0 Å². The van der Waals surface area contributed by atoms with Gasteiger partial charge in [0.1, 0.15) is 5.82 Å². The predicted octanol–water partition coefficient (Wildman–Crippen LogP) is 3.30. The van der Waals surface area contributed by atoms with E-state index in [1.165, 1.54) is 12.8 Å². The minimum atomic E-state index is 0.547. The van der Waals surface area contributed by atoms with E-state index >= 15 is 0 Å². The molecule has 2 aromatic rings. The molecule has 1 aromatic heterocycles. The van der Waals surface area contributed by atoms with Crippen LogP contribution in [0.4, 0.5) is 17.5 Å². The Morgan fingerprint density at radius 1 is 1.15 bits per heavy atom. The van der Waals surface area contributed by atoms with Gasteiger partial charge in [-0.2, -0.15) is 4.98 Å². The maximum Gasteiger partial charge on any atom is 0.229 e. The normalized spacial score (nSPS) is 15.4. The Hall–Kier alpha value is -2.54. The van der Waals surface area contributed by atoms with Gasteiger partial charge in [0.2, 0.25) is 5.95 Å². The third kappa shape index (κ3) is 5.23. The molecule has 0 atom stereocenters. The fraction of sp³-hybridized carbons (Fsp3) is 0.500. The molecule has 1 aliphatic heterocycles. The molecule has 3 rings (SSSR count). The Bertz CT molecular complexity index is 760. The summed E-state index contributed by atoms with van der Waals surface area (Å²) in [4.78, 5) is 11.2. The van der Waals surface area contributed by atoms with Crippen molar-refractivity contribution in [2.45, 2.75) is 19.8 Å². The summed E-state index contributed by atoms with van der Waals surface area (Å²) in [5, 5.41) is 6.29. The van der Waals surface area contributed by atoms with Crippen LogP contribution in [0, 0.1) is 12.8 Å². The van der Waals surface area contributed by atoms with Crippen molar-refractivity contribution in [3.63, 3.8) is 0 Å². The third-order valence-electron chi connectivity index (χ3n) is 4.84. The highest BCUT2D eigenvalue weighted by molar-refractivity contribution is 5.60. The fourth-order valence-electron chi connectivity index (χ4n) is 3.19. The monoisotopic (exact) mass is 371 g/mol. The van der Waals surface area contributed by atoms with Gasteiger partial charge in [0.05, 0.1) is 13.7 Å². The molecule has 0 unspecified atom stereocenters. The van der Waals surface area contributed by atoms with E-state index < -0.39 is 0 Å². The quantitative estimate of drug-likeness (QED) is 0.774. The fourth-order valence-corrected chi connectivity index (χ4v) is 3.19. The van der Waals surface area contributed by atoms with E-state index in [0.29, 0.717) is 18.5 Å². The van der Waals surface area contributed by atoms with Gasteiger partial charge < -0.3 is 25.0 Å². The van der Waals surface area contributed by atoms with Crippen molar-refractivity contribution in [3.05, 3.63) is 30.0 Å². The zero-order valence-electron chi connectivity index (χ0n) is 16.6. The van der Waals surface area contributed by atoms with Gasteiger partial charge in [0.15, 0.2) is 11.5 Å². The molecule has 0 saturated carbocycles. The average Bonchev–Trinajstić information content (AvgIpc) is 2.67. The van der Waals surface area contributed by atoms with Crippen LogP contribution in [0.2, 0.25) is 0 Å². The summed E-state index contributed by atoms with van der Waals surface area (Å²) < 4.78 is 11.6. The number of hydrogen-bond acceptors (Lipinski definition) is 7. The predicted molar refractivity (Wildman–Crippen MR) is 108 cm³/mol. The Morgan fingerprint density at radius 2 is 1.93 bits per heavy atom. The van der Waals surface area contributed by atoms with E-state index in [4.69, 9.17) is 9.47 Å². The molecule has 2 heterocycles. The highest BCUT2D eigenvalue weighted by Gasteiger charge is 2.18. The van der Waals surface area contributed by atoms with E-state index in [9.17, 15) is 0 Å². The first-order valence-corrected chi connectivity index (χ1v) is 9.37. The number of methoxy groups -OCH3 is 1. The lowest BCUT2D eigenvalue weighted by atomic mass is 9.98. The summed E-state index contributed by atoms with van der Waals surface area (Å²) in [6.45, 7) is 4.91. The maximum absolute atomic E-state index is 6.11. The third-order valence-corrected chi connectivity index (χ3v) is 4.84. The summed E-state index contributed by atoms with van der Waals surface area (Å²) in [5.74, 6) is 3.38. The Morgan fingerprint density at radius 3 is 2.63 bits per heavy atom. The molecule has 27 heavy (non-hydrogen) atoms. The number of benzene rings is 1. The highest BCUT2D eigenvalue weighted by atomic mass is 16.5. The number of ether oxygens (including phenoxy) is 2. The van der Waals surface area contributed by atoms with E-state index in [-0.39, 0.29) is 0 Å². The van der Waals surface area contributed by atoms with Crippen LogP contribution >= 0.6 is 0 Å². The van der Waals surface area contributed by atoms with E-state index in [2.05, 4.69) is 32.5 Å². The topological polar surface area (TPSA) is 71.5 Å². The van der Waals surface area contributed by atoms with Gasteiger partial charge >= 0.3 is 0 Å². The van der Waals surface area contributed by atoms with Crippen LogP contribution in [-0.2, 0) is 0 Å². The van der Waals surface area contributed by atoms with Gasteiger partial charge in [-0.1, -0.05) is 0 Å². The van der Waals surface area contributed by atoms with Gasteiger partial charge in [0.25, 0.3) is 0 Å². The van der Waals surface area contributed by atoms with E-state index in [1.54, 1.807) is 7.11 Å². The Kier molecular flexibility index (Phi) is 6.34. The summed E-state index contributed by atoms with van der Waals surface area (Å²) in [7, 11) is 5.67. The minimum absolute atomic E-state index is 0.547. The standard InChI is InChI=1S/C20H29N5O2/c1-14-11-19(21-2)24-20(22-14)23-16-5-6-17(26-4)18(12-16)27-13-15-7-9-25(3)10-8-15/h5-6,11-12,15H,7-10,13H2,1-4H3,(H2,21,22,23,24). The van der Waals surface area contributed by atoms with Crippen LogP contribution in [-0.4, -0.2) is 55.8 Å². The molecule has 1 aromatic carbocycles. The van der Waals surface area contributed by atoms with Crippen molar-refractivity contribution < 1.29 is 9.47 Å². The second-order valence-corrected chi connectivity index (χ2v) is 7.02. The van der Waals surface area contributed by atoms with Crippen LogP contribution in [0.5, 0.6) is 11.5 Å². The molecule has 146 valence electrons. The molecule has 7 heteroatoms. The molecule has 0 amide bonds. The summed E-state index contributed by atoms with van der Waals surface area (Å²) in [6.07, 6.45) is 2.33. The lowest BCUT2D eigenvalue weighted by Gasteiger charge is -2.28. The Labute approximate surface area is 161 Å². The molecule has 1 saturated heterocycles. The highest BCUT2D eigenvalue weighted by Crippen LogP contribution is 2.32. The van der Waals surface area contributed by atoms with Crippen molar-refractivity contribution in [3.8, 4) is 11.5 Å². The molecule has 1 aliphatic rings. The van der Waals surface area contributed by atoms with Crippen molar-refractivity contribution in [1.82, 2.24) is 14.9 Å². The number of aryl methyl sites for hydroxylation is 1. The number of rotatable bonds is 7. The molecule has 2 N–H and O–H groups in total. The van der Waals surface area contributed by atoms with E-state index in [1.807, 2.05) is 38.2 Å². The molecular formula is C20H29N5O2. The molecular weight excluding hydrogens is 342 g/mol. The second kappa shape index (κ2) is 8.90. The zero-order chi connectivity index (χ0) is 19.2. The lowest BCUT2D eigenvalue weighted by Crippen LogP contribution is -2.32. The maximum atomic E-state index is 6.11. The van der Waals surface area contributed by atoms with Crippen LogP contribution in [0.3, 0.4) is 0 Å². The molecule has 0 spiro atoms. The van der Waals surface area contributed by atoms with Crippen LogP contribution in [0.1, 0.15) is 18.5 Å². The van der Waals surface area contributed by atoms with Gasteiger partial charge in [0, 0.05) is 30.6 Å². The largest absolute Gasteiger partial charge is 0.493 e. The first kappa shape index (κ1) is 19.2. The molecule has 1 fully saturated rings. The van der Waals surface area contributed by atoms with Gasteiger partial charge in [-0.15, -0.1) is 0 Å². The lowest BCUT2D eigenvalue weighted by molar-refractivity contribution is 0.157. The summed E-state index contributed by atoms with van der Waals surface area (Å²) in [6, 6.07) is 7.68. The smallest absolute Gasteiger partial charge is 0.229 e. The Balaban J connectivity index is 1.70. The zero-order valence-corrected chi connectivity index (χ0v) is 16.6. The average molecular weight is 371 g/mol. The van der Waals surface area contributed by atoms with Crippen LogP contribution in [0.15, 0.2) is 24.3 Å². The second-order valence-electron chi connectivity index (χ2n) is 7.02. The molecule has 0 bridgehead atoms. The first-order valence-electron chi connectivity index (χ1n) is 9.37. The number of piperidine rings is 1. The van der Waals surface area contributed by atoms with Gasteiger partial charge in [-0.25, -0.2) is 4.98 Å². The first-order chi connectivity index (χ1) is 13.1. The molecule has 0 radical (unpaired) electrons. The number of nitrogens with zero attached hydrogens (tertiary/aromatic N) is 3. The summed E-state index contributed by atoms with van der Waals surface area (Å²) >= 11 is 0. The van der Waals surface area contributed by atoms with Crippen LogP contribution in [0.25, 0.3) is 0 Å². The SMILES string of the molecule is CNc1cc(C)nc(Nc2ccc(OC)c(OCC3CCN(C)CC3)c2)n1. The van der Waals surface area contributed by atoms with Crippen molar-refractivity contribution in [1.29, 1.82) is 0 Å². The van der Waals surface area contributed by atoms with Gasteiger partial charge in [-0.3, -0.25) is 0 Å². The van der Waals surface area contributed by atoms with Crippen LogP contribution < -0.4 is 20.1 Å². The molecule has 0 aliphatic carbocycles. The van der Waals surface area contributed by atoms with Crippen molar-refractivity contribution >= 4 is 17.5 Å². The van der Waals surface area contributed by atoms with Crippen molar-refractivity contribution in [2.24, 2.45) is 5.92 Å². The summed E-state index contributed by atoms with van der Waals surface area (Å²) in [5.41, 5.74) is 1.76. The van der Waals surface area contributed by atoms with E-state index in [0.717, 1.165) is 41.8 Å².